The average Bonchev–Trinajstić information content (AvgIpc) is 2.81. The standard InChI is InChI=1S/C8H13N5O4/c14-2-4-17-3-1-9-6(15)7(16)12-8-10-5-11-13-8/h5,14H,1-4H2,(H,9,15)(H2,10,11,12,13,16). The molecule has 17 heavy (non-hydrogen) atoms. The topological polar surface area (TPSA) is 129 Å². The summed E-state index contributed by atoms with van der Waals surface area (Å²) >= 11 is 0. The predicted molar refractivity (Wildman–Crippen MR) is 55.9 cm³/mol. The molecule has 0 saturated carbocycles. The monoisotopic (exact) mass is 243 g/mol. The molecule has 4 N–H and O–H groups in total. The molecule has 0 radical (unpaired) electrons. The number of amides is 2. The molecular formula is C8H13N5O4. The summed E-state index contributed by atoms with van der Waals surface area (Å²) in [5.74, 6) is -1.54. The smallest absolute Gasteiger partial charge is 0.316 e. The highest BCUT2D eigenvalue weighted by Crippen LogP contribution is 1.91. The van der Waals surface area contributed by atoms with Crippen LogP contribution in [0.15, 0.2) is 6.33 Å². The van der Waals surface area contributed by atoms with E-state index >= 15 is 0 Å². The molecule has 0 aliphatic carbocycles. The lowest BCUT2D eigenvalue weighted by molar-refractivity contribution is -0.136. The Labute approximate surface area is 96.6 Å². The van der Waals surface area contributed by atoms with Gasteiger partial charge in [-0.05, 0) is 0 Å². The third-order valence-corrected chi connectivity index (χ3v) is 1.62. The summed E-state index contributed by atoms with van der Waals surface area (Å²) in [5, 5.41) is 18.8. The molecule has 9 nitrogen and oxygen atoms in total. The summed E-state index contributed by atoms with van der Waals surface area (Å²) in [4.78, 5) is 26.1. The van der Waals surface area contributed by atoms with E-state index in [1.54, 1.807) is 0 Å². The van der Waals surface area contributed by atoms with Crippen LogP contribution in [0.2, 0.25) is 0 Å². The van der Waals surface area contributed by atoms with E-state index in [9.17, 15) is 9.59 Å². The van der Waals surface area contributed by atoms with Crippen molar-refractivity contribution >= 4 is 17.8 Å². The first-order valence-electron chi connectivity index (χ1n) is 4.87. The zero-order chi connectivity index (χ0) is 12.5. The van der Waals surface area contributed by atoms with E-state index in [1.807, 2.05) is 0 Å². The van der Waals surface area contributed by atoms with Crippen LogP contribution in [0.3, 0.4) is 0 Å². The molecule has 0 aromatic carbocycles. The van der Waals surface area contributed by atoms with E-state index in [0.29, 0.717) is 0 Å². The van der Waals surface area contributed by atoms with Gasteiger partial charge in [-0.3, -0.25) is 14.9 Å². The van der Waals surface area contributed by atoms with Gasteiger partial charge in [-0.2, -0.15) is 10.1 Å². The summed E-state index contributed by atoms with van der Waals surface area (Å²) in [6.07, 6.45) is 1.20. The zero-order valence-corrected chi connectivity index (χ0v) is 8.97. The van der Waals surface area contributed by atoms with E-state index in [1.165, 1.54) is 6.33 Å². The minimum absolute atomic E-state index is 0.0834. The van der Waals surface area contributed by atoms with E-state index in [4.69, 9.17) is 9.84 Å². The Balaban J connectivity index is 2.16. The normalized spacial score (nSPS) is 9.94. The molecule has 1 aromatic heterocycles. The maximum Gasteiger partial charge on any atom is 0.316 e. The summed E-state index contributed by atoms with van der Waals surface area (Å²) in [6, 6.07) is 0. The van der Waals surface area contributed by atoms with Gasteiger partial charge < -0.3 is 15.2 Å². The van der Waals surface area contributed by atoms with Crippen LogP contribution in [0.5, 0.6) is 0 Å². The quantitative estimate of drug-likeness (QED) is 0.333. The molecule has 94 valence electrons. The van der Waals surface area contributed by atoms with E-state index < -0.39 is 11.8 Å². The molecule has 2 amide bonds. The number of anilines is 1. The largest absolute Gasteiger partial charge is 0.394 e. The fourth-order valence-corrected chi connectivity index (χ4v) is 0.914. The van der Waals surface area contributed by atoms with Crippen LogP contribution in [-0.2, 0) is 14.3 Å². The number of aromatic amines is 1. The molecule has 9 heteroatoms. The minimum Gasteiger partial charge on any atom is -0.394 e. The molecule has 0 bridgehead atoms. The highest BCUT2D eigenvalue weighted by molar-refractivity contribution is 6.39. The minimum atomic E-state index is -0.844. The van der Waals surface area contributed by atoms with Crippen LogP contribution >= 0.6 is 0 Å². The van der Waals surface area contributed by atoms with Crippen LogP contribution in [0.25, 0.3) is 0 Å². The molecule has 0 fully saturated rings. The van der Waals surface area contributed by atoms with Crippen LogP contribution in [0.1, 0.15) is 0 Å². The first-order valence-corrected chi connectivity index (χ1v) is 4.87. The second-order valence-electron chi connectivity index (χ2n) is 2.88. The Kier molecular flexibility index (Phi) is 5.61. The fourth-order valence-electron chi connectivity index (χ4n) is 0.914. The van der Waals surface area contributed by atoms with E-state index in [-0.39, 0.29) is 32.3 Å². The maximum absolute atomic E-state index is 11.2. The third-order valence-electron chi connectivity index (χ3n) is 1.62. The van der Waals surface area contributed by atoms with Crippen LogP contribution in [0.4, 0.5) is 5.95 Å². The maximum atomic E-state index is 11.2. The van der Waals surface area contributed by atoms with Crippen molar-refractivity contribution in [2.24, 2.45) is 0 Å². The number of aliphatic hydroxyl groups is 1. The van der Waals surface area contributed by atoms with Gasteiger partial charge in [0.05, 0.1) is 19.8 Å². The van der Waals surface area contributed by atoms with Crippen molar-refractivity contribution in [2.75, 3.05) is 31.7 Å². The van der Waals surface area contributed by atoms with Crippen LogP contribution in [-0.4, -0.2) is 58.5 Å². The third kappa shape index (κ3) is 5.04. The van der Waals surface area contributed by atoms with Gasteiger partial charge in [0.25, 0.3) is 0 Å². The number of hydrogen-bond donors (Lipinski definition) is 4. The molecule has 0 aliphatic heterocycles. The van der Waals surface area contributed by atoms with Crippen molar-refractivity contribution in [2.45, 2.75) is 0 Å². The lowest BCUT2D eigenvalue weighted by Crippen LogP contribution is -2.37. The lowest BCUT2D eigenvalue weighted by Gasteiger charge is -2.04. The van der Waals surface area contributed by atoms with Crippen molar-refractivity contribution in [1.82, 2.24) is 20.5 Å². The number of rotatable bonds is 6. The van der Waals surface area contributed by atoms with Crippen LogP contribution in [0, 0.1) is 0 Å². The molecule has 0 unspecified atom stereocenters. The number of H-pyrrole nitrogens is 1. The first kappa shape index (κ1) is 13.1. The Morgan fingerprint density at radius 2 is 2.24 bits per heavy atom. The summed E-state index contributed by atoms with van der Waals surface area (Å²) in [5.41, 5.74) is 0. The molecule has 1 heterocycles. The van der Waals surface area contributed by atoms with Crippen molar-refractivity contribution in [3.8, 4) is 0 Å². The number of carbonyl (C=O) groups excluding carboxylic acids is 2. The molecule has 0 aliphatic rings. The Bertz CT molecular complexity index is 353. The number of aromatic nitrogens is 3. The van der Waals surface area contributed by atoms with Crippen molar-refractivity contribution in [3.63, 3.8) is 0 Å². The van der Waals surface area contributed by atoms with Gasteiger partial charge in [0, 0.05) is 6.54 Å². The Morgan fingerprint density at radius 3 is 2.88 bits per heavy atom. The SMILES string of the molecule is O=C(NCCOCCO)C(=O)Nc1ncn[nH]1. The van der Waals surface area contributed by atoms with Crippen molar-refractivity contribution in [1.29, 1.82) is 0 Å². The molecule has 0 saturated heterocycles. The van der Waals surface area contributed by atoms with Crippen molar-refractivity contribution in [3.05, 3.63) is 6.33 Å². The molecule has 1 aromatic rings. The summed E-state index contributed by atoms with van der Waals surface area (Å²) in [7, 11) is 0. The second-order valence-corrected chi connectivity index (χ2v) is 2.88. The first-order chi connectivity index (χ1) is 8.24. The Hall–Kier alpha value is -2.00. The van der Waals surface area contributed by atoms with Gasteiger partial charge in [0.15, 0.2) is 0 Å². The van der Waals surface area contributed by atoms with Gasteiger partial charge in [-0.25, -0.2) is 5.10 Å². The molecular weight excluding hydrogens is 230 g/mol. The predicted octanol–water partition coefficient (Wildman–Crippen LogP) is -2.13. The highest BCUT2D eigenvalue weighted by atomic mass is 16.5. The summed E-state index contributed by atoms with van der Waals surface area (Å²) in [6.45, 7) is 0.518. The fraction of sp³-hybridized carbons (Fsp3) is 0.500. The average molecular weight is 243 g/mol. The van der Waals surface area contributed by atoms with E-state index in [2.05, 4.69) is 25.8 Å². The van der Waals surface area contributed by atoms with E-state index in [0.717, 1.165) is 0 Å². The summed E-state index contributed by atoms with van der Waals surface area (Å²) < 4.78 is 4.89. The number of aliphatic hydroxyl groups excluding tert-OH is 1. The number of nitrogens with one attached hydrogen (secondary N) is 3. The number of carbonyl (C=O) groups is 2. The Morgan fingerprint density at radius 1 is 1.41 bits per heavy atom. The van der Waals surface area contributed by atoms with Gasteiger partial charge in [-0.15, -0.1) is 0 Å². The van der Waals surface area contributed by atoms with Gasteiger partial charge >= 0.3 is 11.8 Å². The van der Waals surface area contributed by atoms with Gasteiger partial charge in [0.2, 0.25) is 5.95 Å². The molecule has 0 atom stereocenters. The van der Waals surface area contributed by atoms with Gasteiger partial charge in [-0.1, -0.05) is 0 Å². The lowest BCUT2D eigenvalue weighted by atomic mass is 10.5. The molecule has 0 spiro atoms. The number of hydrogen-bond acceptors (Lipinski definition) is 6. The number of nitrogens with zero attached hydrogens (tertiary/aromatic N) is 2. The zero-order valence-electron chi connectivity index (χ0n) is 8.97. The highest BCUT2D eigenvalue weighted by Gasteiger charge is 2.13. The van der Waals surface area contributed by atoms with Crippen LogP contribution < -0.4 is 10.6 Å². The molecule has 1 rings (SSSR count). The van der Waals surface area contributed by atoms with Crippen molar-refractivity contribution < 1.29 is 19.4 Å². The number of ether oxygens (including phenoxy) is 1. The van der Waals surface area contributed by atoms with Gasteiger partial charge in [0.1, 0.15) is 6.33 Å². The second kappa shape index (κ2) is 7.30.